The van der Waals surface area contributed by atoms with Crippen LogP contribution in [0, 0.1) is 17.2 Å². The Kier molecular flexibility index (Phi) is 5.72. The van der Waals surface area contributed by atoms with E-state index in [-0.39, 0.29) is 5.78 Å². The molecule has 0 radical (unpaired) electrons. The number of hydrogen-bond donors (Lipinski definition) is 1. The summed E-state index contributed by atoms with van der Waals surface area (Å²) in [4.78, 5) is 39.1. The number of benzene rings is 1. The summed E-state index contributed by atoms with van der Waals surface area (Å²) in [5.41, 5.74) is 8.69. The van der Waals surface area contributed by atoms with Crippen LogP contribution in [0.1, 0.15) is 47.2 Å². The molecule has 10 heteroatoms. The number of amides is 1. The lowest BCUT2D eigenvalue weighted by atomic mass is 9.94. The van der Waals surface area contributed by atoms with Gasteiger partial charge >= 0.3 is 0 Å². The van der Waals surface area contributed by atoms with Crippen molar-refractivity contribution in [3.63, 3.8) is 0 Å². The van der Waals surface area contributed by atoms with Crippen molar-refractivity contribution < 1.29 is 9.59 Å². The lowest BCUT2D eigenvalue weighted by Gasteiger charge is -2.29. The molecular formula is C23H23N7O2S. The number of imidazole rings is 1. The fourth-order valence-electron chi connectivity index (χ4n) is 4.55. The Hall–Kier alpha value is -3.45. The van der Waals surface area contributed by atoms with E-state index in [9.17, 15) is 14.9 Å². The molecule has 1 fully saturated rings. The SMILES string of the molecule is N#Cc1cc2c(cc1Sc1nc3c(N)ncn(CCC4CCN(C=O)CC4)c-3n1)CCC2=O. The molecule has 4 aliphatic rings. The van der Waals surface area contributed by atoms with Crippen LogP contribution < -0.4 is 5.73 Å². The molecule has 5 rings (SSSR count). The molecule has 1 aliphatic carbocycles. The Morgan fingerprint density at radius 1 is 1.24 bits per heavy atom. The zero-order valence-corrected chi connectivity index (χ0v) is 18.8. The van der Waals surface area contributed by atoms with Gasteiger partial charge in [-0.2, -0.15) is 5.26 Å². The van der Waals surface area contributed by atoms with Gasteiger partial charge in [0.05, 0.1) is 11.9 Å². The highest BCUT2D eigenvalue weighted by Gasteiger charge is 2.25. The number of ketones is 1. The van der Waals surface area contributed by atoms with Crippen LogP contribution in [0.5, 0.6) is 0 Å². The van der Waals surface area contributed by atoms with Crippen LogP contribution in [0.15, 0.2) is 28.5 Å². The van der Waals surface area contributed by atoms with E-state index in [1.54, 1.807) is 12.4 Å². The molecule has 3 aliphatic heterocycles. The van der Waals surface area contributed by atoms with Gasteiger partial charge in [-0.15, -0.1) is 0 Å². The van der Waals surface area contributed by atoms with Crippen molar-refractivity contribution in [1.29, 1.82) is 5.26 Å². The molecule has 2 N–H and O–H groups in total. The first-order valence-corrected chi connectivity index (χ1v) is 11.8. The van der Waals surface area contributed by atoms with Crippen LogP contribution >= 0.6 is 11.8 Å². The number of fused-ring (bicyclic) bond motifs is 2. The number of aromatic nitrogens is 4. The topological polar surface area (TPSA) is 131 Å². The minimum Gasteiger partial charge on any atom is -0.382 e. The molecule has 0 unspecified atom stereocenters. The Morgan fingerprint density at radius 3 is 2.82 bits per heavy atom. The van der Waals surface area contributed by atoms with Crippen LogP contribution in [0.25, 0.3) is 11.5 Å². The maximum Gasteiger partial charge on any atom is 0.209 e. The highest BCUT2D eigenvalue weighted by molar-refractivity contribution is 7.99. The molecule has 1 aromatic rings. The number of carbonyl (C=O) groups is 2. The number of nitriles is 1. The zero-order valence-electron chi connectivity index (χ0n) is 18.0. The van der Waals surface area contributed by atoms with Crippen molar-refractivity contribution in [2.75, 3.05) is 18.8 Å². The van der Waals surface area contributed by atoms with Gasteiger partial charge in [-0.05, 0) is 61.1 Å². The molecule has 1 amide bonds. The van der Waals surface area contributed by atoms with Gasteiger partial charge in [-0.25, -0.2) is 15.0 Å². The minimum atomic E-state index is 0.0880. The number of nitrogens with two attached hydrogens (primary N) is 1. The lowest BCUT2D eigenvalue weighted by Crippen LogP contribution is -2.32. The number of aryl methyl sites for hydroxylation is 2. The van der Waals surface area contributed by atoms with E-state index in [0.29, 0.717) is 52.4 Å². The number of carbonyl (C=O) groups excluding carboxylic acids is 2. The summed E-state index contributed by atoms with van der Waals surface area (Å²) < 4.78 is 1.97. The molecule has 0 aromatic heterocycles. The van der Waals surface area contributed by atoms with E-state index in [0.717, 1.165) is 55.8 Å². The first-order valence-electron chi connectivity index (χ1n) is 11.0. The van der Waals surface area contributed by atoms with Gasteiger partial charge in [0.15, 0.2) is 28.3 Å². The summed E-state index contributed by atoms with van der Waals surface area (Å²) in [7, 11) is 0. The number of nitrogens with zero attached hydrogens (tertiary/aromatic N) is 6. The van der Waals surface area contributed by atoms with Crippen molar-refractivity contribution in [3.8, 4) is 17.6 Å². The molecule has 0 spiro atoms. The molecule has 1 saturated heterocycles. The third-order valence-electron chi connectivity index (χ3n) is 6.50. The maximum atomic E-state index is 12.0. The summed E-state index contributed by atoms with van der Waals surface area (Å²) in [6.45, 7) is 2.35. The van der Waals surface area contributed by atoms with Gasteiger partial charge in [0.25, 0.3) is 0 Å². The molecule has 33 heavy (non-hydrogen) atoms. The average Bonchev–Trinajstić information content (AvgIpc) is 3.42. The Balaban J connectivity index is 1.37. The minimum absolute atomic E-state index is 0.0880. The zero-order chi connectivity index (χ0) is 22.9. The van der Waals surface area contributed by atoms with E-state index < -0.39 is 0 Å². The number of rotatable bonds is 6. The molecule has 0 atom stereocenters. The molecule has 9 nitrogen and oxygen atoms in total. The van der Waals surface area contributed by atoms with Crippen LogP contribution in [-0.2, 0) is 17.8 Å². The van der Waals surface area contributed by atoms with Gasteiger partial charge in [-0.3, -0.25) is 9.59 Å². The number of Topliss-reactive ketones (excluding diaryl/α,β-unsaturated/α-hetero) is 1. The molecular weight excluding hydrogens is 438 g/mol. The van der Waals surface area contributed by atoms with E-state index >= 15 is 0 Å². The lowest BCUT2D eigenvalue weighted by molar-refractivity contribution is -0.119. The summed E-state index contributed by atoms with van der Waals surface area (Å²) in [6.07, 6.45) is 6.76. The second kappa shape index (κ2) is 8.83. The standard InChI is InChI=1S/C23H23N7O2S/c24-11-16-9-17-15(1-2-18(17)32)10-19(16)33-23-27-20-21(25)26-12-30(22(20)28-23)8-5-14-3-6-29(13-31)7-4-14/h9-10,12-14H,1-8,25H2. The fraction of sp³-hybridized carbons (Fsp3) is 0.391. The highest BCUT2D eigenvalue weighted by Crippen LogP contribution is 2.36. The molecule has 0 bridgehead atoms. The molecule has 1 aromatic carbocycles. The van der Waals surface area contributed by atoms with Crippen molar-refractivity contribution in [2.24, 2.45) is 5.92 Å². The number of anilines is 1. The molecule has 168 valence electrons. The fourth-order valence-corrected chi connectivity index (χ4v) is 5.43. The van der Waals surface area contributed by atoms with Crippen LogP contribution in [0.2, 0.25) is 0 Å². The van der Waals surface area contributed by atoms with Gasteiger partial charge in [-0.1, -0.05) is 0 Å². The summed E-state index contributed by atoms with van der Waals surface area (Å²) in [5, 5.41) is 10.1. The smallest absolute Gasteiger partial charge is 0.209 e. The Labute approximate surface area is 195 Å². The quantitative estimate of drug-likeness (QED) is 0.555. The predicted octanol–water partition coefficient (Wildman–Crippen LogP) is 2.77. The van der Waals surface area contributed by atoms with Gasteiger partial charge in [0.1, 0.15) is 6.07 Å². The van der Waals surface area contributed by atoms with E-state index in [1.165, 1.54) is 11.8 Å². The Bertz CT molecular complexity index is 1240. The largest absolute Gasteiger partial charge is 0.382 e. The molecule has 0 saturated carbocycles. The van der Waals surface area contributed by atoms with E-state index in [2.05, 4.69) is 16.0 Å². The van der Waals surface area contributed by atoms with Gasteiger partial charge in [0, 0.05) is 36.5 Å². The number of nitrogen functional groups attached to an aromatic ring is 1. The highest BCUT2D eigenvalue weighted by atomic mass is 32.2. The summed E-state index contributed by atoms with van der Waals surface area (Å²) in [6, 6.07) is 5.78. The number of piperidine rings is 1. The number of likely N-dealkylation sites (tertiary alicyclic amines) is 1. The van der Waals surface area contributed by atoms with Crippen molar-refractivity contribution >= 4 is 29.8 Å². The third kappa shape index (κ3) is 4.16. The van der Waals surface area contributed by atoms with Crippen LogP contribution in [0.4, 0.5) is 5.82 Å². The Morgan fingerprint density at radius 2 is 2.06 bits per heavy atom. The average molecular weight is 462 g/mol. The van der Waals surface area contributed by atoms with Crippen LogP contribution in [-0.4, -0.2) is 49.7 Å². The summed E-state index contributed by atoms with van der Waals surface area (Å²) >= 11 is 1.31. The summed E-state index contributed by atoms with van der Waals surface area (Å²) in [5.74, 6) is 1.63. The number of hydrogen-bond acceptors (Lipinski definition) is 8. The second-order valence-electron chi connectivity index (χ2n) is 8.52. The van der Waals surface area contributed by atoms with Crippen LogP contribution in [0.3, 0.4) is 0 Å². The van der Waals surface area contributed by atoms with E-state index in [4.69, 9.17) is 10.7 Å². The van der Waals surface area contributed by atoms with Crippen molar-refractivity contribution in [3.05, 3.63) is 35.2 Å². The first kappa shape index (κ1) is 21.4. The predicted molar refractivity (Wildman–Crippen MR) is 122 cm³/mol. The molecule has 3 heterocycles. The van der Waals surface area contributed by atoms with Gasteiger partial charge in [0.2, 0.25) is 6.41 Å². The van der Waals surface area contributed by atoms with Crippen molar-refractivity contribution in [2.45, 2.75) is 48.7 Å². The van der Waals surface area contributed by atoms with Crippen molar-refractivity contribution in [1.82, 2.24) is 24.4 Å². The maximum absolute atomic E-state index is 12.0. The normalized spacial score (nSPS) is 16.2. The van der Waals surface area contributed by atoms with Gasteiger partial charge < -0.3 is 15.2 Å². The van der Waals surface area contributed by atoms with E-state index in [1.807, 2.05) is 15.5 Å². The monoisotopic (exact) mass is 461 g/mol. The second-order valence-corrected chi connectivity index (χ2v) is 9.53. The first-order chi connectivity index (χ1) is 16.1. The third-order valence-corrected chi connectivity index (χ3v) is 7.42.